The molecule has 0 heterocycles. The Hall–Kier alpha value is -3.71. The number of carbonyl (C=O) groups is 2. The minimum Gasteiger partial charge on any atom is -0.493 e. The second-order valence-corrected chi connectivity index (χ2v) is 7.47. The van der Waals surface area contributed by atoms with Gasteiger partial charge in [0.25, 0.3) is 11.8 Å². The number of rotatable bonds is 10. The van der Waals surface area contributed by atoms with Gasteiger partial charge in [-0.05, 0) is 60.5 Å². The van der Waals surface area contributed by atoms with E-state index in [1.807, 2.05) is 18.2 Å². The van der Waals surface area contributed by atoms with E-state index in [0.29, 0.717) is 46.5 Å². The van der Waals surface area contributed by atoms with Crippen LogP contribution in [0.25, 0.3) is 0 Å². The molecule has 33 heavy (non-hydrogen) atoms. The molecule has 0 aliphatic heterocycles. The van der Waals surface area contributed by atoms with Crippen LogP contribution in [0.1, 0.15) is 15.9 Å². The van der Waals surface area contributed by atoms with Gasteiger partial charge in [0.05, 0.1) is 25.5 Å². The highest BCUT2D eigenvalue weighted by molar-refractivity contribution is 6.30. The summed E-state index contributed by atoms with van der Waals surface area (Å²) in [7, 11) is 3.16. The highest BCUT2D eigenvalue weighted by Gasteiger charge is 2.13. The van der Waals surface area contributed by atoms with E-state index in [1.54, 1.807) is 62.8 Å². The number of halogens is 1. The van der Waals surface area contributed by atoms with Gasteiger partial charge in [-0.25, -0.2) is 0 Å². The van der Waals surface area contributed by atoms with Crippen LogP contribution in [-0.4, -0.2) is 39.2 Å². The number of hydrogen-bond acceptors (Lipinski definition) is 5. The Morgan fingerprint density at radius 2 is 1.64 bits per heavy atom. The lowest BCUT2D eigenvalue weighted by atomic mass is 10.1. The maximum absolute atomic E-state index is 12.7. The van der Waals surface area contributed by atoms with E-state index in [0.717, 1.165) is 5.56 Å². The predicted octanol–water partition coefficient (Wildman–Crippen LogP) is 4.35. The van der Waals surface area contributed by atoms with Crippen molar-refractivity contribution in [2.75, 3.05) is 32.7 Å². The van der Waals surface area contributed by atoms with Crippen LogP contribution >= 0.6 is 11.6 Å². The molecule has 0 bridgehead atoms. The lowest BCUT2D eigenvalue weighted by Crippen LogP contribution is -2.28. The third-order valence-corrected chi connectivity index (χ3v) is 5.03. The van der Waals surface area contributed by atoms with E-state index in [1.165, 1.54) is 0 Å². The Balaban J connectivity index is 1.55. The van der Waals surface area contributed by atoms with Gasteiger partial charge in [-0.3, -0.25) is 9.59 Å². The molecule has 0 radical (unpaired) electrons. The average molecular weight is 469 g/mol. The maximum atomic E-state index is 12.7. The summed E-state index contributed by atoms with van der Waals surface area (Å²) in [5.74, 6) is 1.14. The molecule has 2 N–H and O–H groups in total. The van der Waals surface area contributed by atoms with Crippen LogP contribution in [0.5, 0.6) is 17.2 Å². The molecule has 3 aromatic rings. The molecule has 2 amide bonds. The molecule has 8 heteroatoms. The molecule has 0 aliphatic rings. The monoisotopic (exact) mass is 468 g/mol. The molecule has 0 unspecified atom stereocenters. The molecular weight excluding hydrogens is 444 g/mol. The zero-order valence-corrected chi connectivity index (χ0v) is 19.1. The van der Waals surface area contributed by atoms with Crippen LogP contribution in [0.4, 0.5) is 5.69 Å². The number of ether oxygens (including phenoxy) is 3. The van der Waals surface area contributed by atoms with Crippen molar-refractivity contribution < 1.29 is 23.8 Å². The first kappa shape index (κ1) is 23.9. The summed E-state index contributed by atoms with van der Waals surface area (Å²) in [6, 6.07) is 19.1. The van der Waals surface area contributed by atoms with Crippen molar-refractivity contribution in [2.24, 2.45) is 0 Å². The van der Waals surface area contributed by atoms with E-state index in [2.05, 4.69) is 10.6 Å². The summed E-state index contributed by atoms with van der Waals surface area (Å²) >= 11 is 5.84. The zero-order chi connectivity index (χ0) is 23.6. The predicted molar refractivity (Wildman–Crippen MR) is 128 cm³/mol. The molecule has 7 nitrogen and oxygen atoms in total. The molecule has 0 saturated heterocycles. The van der Waals surface area contributed by atoms with Crippen molar-refractivity contribution in [1.29, 1.82) is 0 Å². The Bertz CT molecular complexity index is 1100. The standard InChI is InChI=1S/C25H25ClN2O5/c1-31-22-12-7-17(15-23(22)32-2)13-14-27-25(30)20-5-3-4-6-21(20)28-24(29)16-33-19-10-8-18(26)9-11-19/h3-12,15H,13-14,16H2,1-2H3,(H,27,30)(H,28,29). The summed E-state index contributed by atoms with van der Waals surface area (Å²) in [6.45, 7) is 0.215. The highest BCUT2D eigenvalue weighted by Crippen LogP contribution is 2.27. The summed E-state index contributed by atoms with van der Waals surface area (Å²) < 4.78 is 16.0. The van der Waals surface area contributed by atoms with Gasteiger partial charge < -0.3 is 24.8 Å². The maximum Gasteiger partial charge on any atom is 0.262 e. The fourth-order valence-corrected chi connectivity index (χ4v) is 3.23. The quantitative estimate of drug-likeness (QED) is 0.462. The summed E-state index contributed by atoms with van der Waals surface area (Å²) in [4.78, 5) is 25.0. The number of para-hydroxylation sites is 1. The molecule has 0 spiro atoms. The number of nitrogens with one attached hydrogen (secondary N) is 2. The van der Waals surface area contributed by atoms with Crippen LogP contribution in [0.15, 0.2) is 66.7 Å². The lowest BCUT2D eigenvalue weighted by molar-refractivity contribution is -0.118. The van der Waals surface area contributed by atoms with E-state index in [-0.39, 0.29) is 18.4 Å². The van der Waals surface area contributed by atoms with Gasteiger partial charge in [0.2, 0.25) is 0 Å². The van der Waals surface area contributed by atoms with Crippen LogP contribution < -0.4 is 24.8 Å². The van der Waals surface area contributed by atoms with Crippen molar-refractivity contribution in [3.05, 3.63) is 82.9 Å². The first-order chi connectivity index (χ1) is 16.0. The van der Waals surface area contributed by atoms with E-state index in [9.17, 15) is 9.59 Å². The molecule has 0 atom stereocenters. The van der Waals surface area contributed by atoms with Gasteiger partial charge in [0.1, 0.15) is 5.75 Å². The minimum atomic E-state index is -0.379. The van der Waals surface area contributed by atoms with Gasteiger partial charge in [0.15, 0.2) is 18.1 Å². The Kier molecular flexibility index (Phi) is 8.55. The minimum absolute atomic E-state index is 0.198. The smallest absolute Gasteiger partial charge is 0.262 e. The first-order valence-corrected chi connectivity index (χ1v) is 10.6. The van der Waals surface area contributed by atoms with E-state index >= 15 is 0 Å². The van der Waals surface area contributed by atoms with Crippen molar-refractivity contribution in [3.63, 3.8) is 0 Å². The molecule has 0 saturated carbocycles. The molecule has 3 aromatic carbocycles. The number of benzene rings is 3. The normalized spacial score (nSPS) is 10.3. The van der Waals surface area contributed by atoms with Crippen molar-refractivity contribution in [1.82, 2.24) is 5.32 Å². The third-order valence-electron chi connectivity index (χ3n) is 4.78. The second-order valence-electron chi connectivity index (χ2n) is 7.03. The van der Waals surface area contributed by atoms with Gasteiger partial charge in [-0.15, -0.1) is 0 Å². The molecule has 3 rings (SSSR count). The van der Waals surface area contributed by atoms with Gasteiger partial charge in [0, 0.05) is 11.6 Å². The number of methoxy groups -OCH3 is 2. The topological polar surface area (TPSA) is 85.9 Å². The number of anilines is 1. The van der Waals surface area contributed by atoms with Crippen LogP contribution in [-0.2, 0) is 11.2 Å². The molecular formula is C25H25ClN2O5. The van der Waals surface area contributed by atoms with Crippen molar-refractivity contribution >= 4 is 29.1 Å². The summed E-state index contributed by atoms with van der Waals surface area (Å²) in [5, 5.41) is 6.19. The first-order valence-electron chi connectivity index (χ1n) is 10.3. The fourth-order valence-electron chi connectivity index (χ4n) is 3.11. The van der Waals surface area contributed by atoms with Gasteiger partial charge in [-0.2, -0.15) is 0 Å². The largest absolute Gasteiger partial charge is 0.493 e. The van der Waals surface area contributed by atoms with Crippen LogP contribution in [0.2, 0.25) is 5.02 Å². The van der Waals surface area contributed by atoms with Crippen molar-refractivity contribution in [2.45, 2.75) is 6.42 Å². The highest BCUT2D eigenvalue weighted by atomic mass is 35.5. The second kappa shape index (κ2) is 11.8. The molecule has 0 aromatic heterocycles. The van der Waals surface area contributed by atoms with Crippen LogP contribution in [0.3, 0.4) is 0 Å². The zero-order valence-electron chi connectivity index (χ0n) is 18.4. The Labute approximate surface area is 197 Å². The van der Waals surface area contributed by atoms with Crippen molar-refractivity contribution in [3.8, 4) is 17.2 Å². The van der Waals surface area contributed by atoms with Crippen LogP contribution in [0, 0.1) is 0 Å². The third kappa shape index (κ3) is 6.89. The summed E-state index contributed by atoms with van der Waals surface area (Å²) in [5.41, 5.74) is 1.77. The fraction of sp³-hybridized carbons (Fsp3) is 0.200. The Morgan fingerprint density at radius 1 is 0.909 bits per heavy atom. The number of carbonyl (C=O) groups excluding carboxylic acids is 2. The van der Waals surface area contributed by atoms with E-state index < -0.39 is 0 Å². The van der Waals surface area contributed by atoms with E-state index in [4.69, 9.17) is 25.8 Å². The van der Waals surface area contributed by atoms with Gasteiger partial charge >= 0.3 is 0 Å². The lowest BCUT2D eigenvalue weighted by Gasteiger charge is -2.13. The number of hydrogen-bond donors (Lipinski definition) is 2. The molecule has 0 aliphatic carbocycles. The SMILES string of the molecule is COc1ccc(CCNC(=O)c2ccccc2NC(=O)COc2ccc(Cl)cc2)cc1OC. The molecule has 0 fully saturated rings. The number of amides is 2. The average Bonchev–Trinajstić information content (AvgIpc) is 2.83. The molecule has 172 valence electrons. The Morgan fingerprint density at radius 3 is 2.36 bits per heavy atom. The van der Waals surface area contributed by atoms with Gasteiger partial charge in [-0.1, -0.05) is 29.8 Å². The summed E-state index contributed by atoms with van der Waals surface area (Å²) in [6.07, 6.45) is 0.607.